The molecule has 32 heavy (non-hydrogen) atoms. The number of ether oxygens (including phenoxy) is 4. The normalized spacial score (nSPS) is 28.2. The van der Waals surface area contributed by atoms with Crippen molar-refractivity contribution in [1.29, 1.82) is 0 Å². The number of rotatable bonds is 12. The van der Waals surface area contributed by atoms with Crippen LogP contribution in [0.15, 0.2) is 42.5 Å². The largest absolute Gasteiger partial charge is 0.469 e. The second-order valence-corrected chi connectivity index (χ2v) is 8.78. The molecule has 0 aromatic heterocycles. The smallest absolute Gasteiger partial charge is 0.305 e. The van der Waals surface area contributed by atoms with Crippen LogP contribution in [0.25, 0.3) is 0 Å². The number of aliphatic hydroxyl groups excluding tert-OH is 1. The van der Waals surface area contributed by atoms with E-state index in [1.807, 2.05) is 18.2 Å². The monoisotopic (exact) mass is 446 g/mol. The summed E-state index contributed by atoms with van der Waals surface area (Å²) in [6, 6.07) is 10.1. The van der Waals surface area contributed by atoms with Gasteiger partial charge in [0.15, 0.2) is 6.29 Å². The lowest BCUT2D eigenvalue weighted by Crippen LogP contribution is -2.33. The van der Waals surface area contributed by atoms with Crippen molar-refractivity contribution < 1.29 is 28.8 Å². The minimum Gasteiger partial charge on any atom is -0.469 e. The predicted molar refractivity (Wildman–Crippen MR) is 122 cm³/mol. The molecule has 1 saturated heterocycles. The number of hydrogen-bond donors (Lipinski definition) is 1. The zero-order valence-electron chi connectivity index (χ0n) is 19.2. The molecular weight excluding hydrogens is 408 g/mol. The molecular formula is C26H38O6. The van der Waals surface area contributed by atoms with Gasteiger partial charge in [0.25, 0.3) is 0 Å². The summed E-state index contributed by atoms with van der Waals surface area (Å²) < 4.78 is 22.9. The summed E-state index contributed by atoms with van der Waals surface area (Å²) in [4.78, 5) is 11.2. The van der Waals surface area contributed by atoms with Crippen molar-refractivity contribution >= 4 is 5.97 Å². The van der Waals surface area contributed by atoms with Gasteiger partial charge in [-0.25, -0.2) is 0 Å². The molecule has 3 rings (SSSR count). The summed E-state index contributed by atoms with van der Waals surface area (Å²) in [5, 5.41) is 10.8. The van der Waals surface area contributed by atoms with E-state index in [9.17, 15) is 9.90 Å². The highest BCUT2D eigenvalue weighted by Crippen LogP contribution is 2.39. The van der Waals surface area contributed by atoms with E-state index in [1.54, 1.807) is 0 Å². The van der Waals surface area contributed by atoms with Crippen molar-refractivity contribution in [2.24, 2.45) is 11.8 Å². The molecule has 178 valence electrons. The van der Waals surface area contributed by atoms with Gasteiger partial charge in [-0.1, -0.05) is 42.5 Å². The van der Waals surface area contributed by atoms with Crippen LogP contribution < -0.4 is 0 Å². The van der Waals surface area contributed by atoms with Gasteiger partial charge in [-0.05, 0) is 50.0 Å². The third-order valence-corrected chi connectivity index (χ3v) is 6.44. The fourth-order valence-corrected chi connectivity index (χ4v) is 4.61. The Balaban J connectivity index is 1.54. The molecule has 1 aromatic carbocycles. The van der Waals surface area contributed by atoms with E-state index in [2.05, 4.69) is 29.0 Å². The van der Waals surface area contributed by atoms with Crippen molar-refractivity contribution in [2.75, 3.05) is 20.3 Å². The van der Waals surface area contributed by atoms with E-state index in [0.29, 0.717) is 26.1 Å². The van der Waals surface area contributed by atoms with E-state index in [-0.39, 0.29) is 30.2 Å². The molecule has 1 saturated carbocycles. The Hall–Kier alpha value is -1.73. The van der Waals surface area contributed by atoms with Gasteiger partial charge in [0.05, 0.1) is 32.5 Å². The number of aliphatic hydroxyl groups is 1. The van der Waals surface area contributed by atoms with Gasteiger partial charge in [0, 0.05) is 25.4 Å². The lowest BCUT2D eigenvalue weighted by Gasteiger charge is -2.30. The Bertz CT molecular complexity index is 685. The molecule has 1 aliphatic carbocycles. The average molecular weight is 447 g/mol. The number of allylic oxidation sites excluding steroid dienone is 2. The van der Waals surface area contributed by atoms with Crippen LogP contribution in [0.3, 0.4) is 0 Å². The summed E-state index contributed by atoms with van der Waals surface area (Å²) in [6.07, 6.45) is 10.1. The average Bonchev–Trinajstić information content (AvgIpc) is 3.11. The van der Waals surface area contributed by atoms with E-state index >= 15 is 0 Å². The molecule has 2 fully saturated rings. The van der Waals surface area contributed by atoms with Crippen molar-refractivity contribution in [3.05, 3.63) is 48.0 Å². The van der Waals surface area contributed by atoms with Gasteiger partial charge >= 0.3 is 5.97 Å². The van der Waals surface area contributed by atoms with Crippen LogP contribution in [0.1, 0.15) is 56.9 Å². The fraction of sp³-hybridized carbons (Fsp3) is 0.654. The lowest BCUT2D eigenvalue weighted by molar-refractivity contribution is -0.199. The van der Waals surface area contributed by atoms with Crippen LogP contribution in [-0.2, 0) is 30.3 Å². The molecule has 1 N–H and O–H groups in total. The highest BCUT2D eigenvalue weighted by atomic mass is 16.7. The fourth-order valence-electron chi connectivity index (χ4n) is 4.61. The Labute approximate surface area is 191 Å². The Morgan fingerprint density at radius 2 is 2.03 bits per heavy atom. The highest BCUT2D eigenvalue weighted by Gasteiger charge is 2.43. The molecule has 5 atom stereocenters. The van der Waals surface area contributed by atoms with Gasteiger partial charge in [0.2, 0.25) is 0 Å². The Morgan fingerprint density at radius 1 is 1.19 bits per heavy atom. The molecule has 0 bridgehead atoms. The molecule has 6 nitrogen and oxygen atoms in total. The quantitative estimate of drug-likeness (QED) is 0.291. The topological polar surface area (TPSA) is 74.2 Å². The number of benzene rings is 1. The van der Waals surface area contributed by atoms with E-state index in [1.165, 1.54) is 7.11 Å². The van der Waals surface area contributed by atoms with Crippen molar-refractivity contribution in [3.8, 4) is 0 Å². The number of esters is 1. The first-order valence-corrected chi connectivity index (χ1v) is 12.0. The van der Waals surface area contributed by atoms with Crippen LogP contribution in [0, 0.1) is 11.8 Å². The second kappa shape index (κ2) is 13.7. The van der Waals surface area contributed by atoms with Crippen molar-refractivity contribution in [2.45, 2.75) is 76.5 Å². The van der Waals surface area contributed by atoms with Crippen LogP contribution >= 0.6 is 0 Å². The van der Waals surface area contributed by atoms with Gasteiger partial charge in [0.1, 0.15) is 0 Å². The van der Waals surface area contributed by atoms with Crippen molar-refractivity contribution in [3.63, 3.8) is 0 Å². The second-order valence-electron chi connectivity index (χ2n) is 8.78. The van der Waals surface area contributed by atoms with Gasteiger partial charge in [-0.3, -0.25) is 4.79 Å². The third kappa shape index (κ3) is 8.00. The maximum atomic E-state index is 11.2. The SMILES string of the molecule is COC(=O)CCCC=CC[C@H]1[C@H](COCc2ccccc2)[C@@H](OC2CCCCO2)C[C@H]1O. The molecule has 1 aliphatic heterocycles. The predicted octanol–water partition coefficient (Wildman–Crippen LogP) is 4.40. The molecule has 1 unspecified atom stereocenters. The van der Waals surface area contributed by atoms with Gasteiger partial charge < -0.3 is 24.1 Å². The van der Waals surface area contributed by atoms with Crippen LogP contribution in [0.4, 0.5) is 0 Å². The molecule has 2 aliphatic rings. The highest BCUT2D eigenvalue weighted by molar-refractivity contribution is 5.69. The van der Waals surface area contributed by atoms with E-state index < -0.39 is 6.10 Å². The third-order valence-electron chi connectivity index (χ3n) is 6.44. The minimum absolute atomic E-state index is 0.0680. The zero-order chi connectivity index (χ0) is 22.6. The number of unbranched alkanes of at least 4 members (excludes halogenated alkanes) is 1. The Morgan fingerprint density at radius 3 is 2.78 bits per heavy atom. The minimum atomic E-state index is -0.423. The molecule has 0 amide bonds. The van der Waals surface area contributed by atoms with Gasteiger partial charge in [-0.2, -0.15) is 0 Å². The van der Waals surface area contributed by atoms with Crippen LogP contribution in [0.2, 0.25) is 0 Å². The molecule has 6 heteroatoms. The molecule has 0 spiro atoms. The van der Waals surface area contributed by atoms with Crippen molar-refractivity contribution in [1.82, 2.24) is 0 Å². The zero-order valence-corrected chi connectivity index (χ0v) is 19.2. The number of carbonyl (C=O) groups is 1. The van der Waals surface area contributed by atoms with E-state index in [0.717, 1.165) is 50.7 Å². The maximum absolute atomic E-state index is 11.2. The standard InChI is InChI=1S/C26H38O6/c1-29-25(28)14-8-3-2-7-13-21-22(19-30-18-20-11-5-4-6-12-20)24(17-23(21)27)32-26-15-9-10-16-31-26/h2,4-7,11-12,21-24,26-27H,3,8-10,13-19H2,1H3/t21-,22-,23+,24-,26?/m0/s1. The van der Waals surface area contributed by atoms with Gasteiger partial charge in [-0.15, -0.1) is 0 Å². The molecule has 1 aromatic rings. The number of methoxy groups -OCH3 is 1. The van der Waals surface area contributed by atoms with Crippen LogP contribution in [-0.4, -0.2) is 49.9 Å². The maximum Gasteiger partial charge on any atom is 0.305 e. The molecule has 0 radical (unpaired) electrons. The first-order valence-electron chi connectivity index (χ1n) is 12.0. The summed E-state index contributed by atoms with van der Waals surface area (Å²) in [5.41, 5.74) is 1.14. The van der Waals surface area contributed by atoms with Crippen LogP contribution in [0.5, 0.6) is 0 Å². The Kier molecular flexibility index (Phi) is 10.7. The number of carbonyl (C=O) groups excluding carboxylic acids is 1. The number of hydrogen-bond acceptors (Lipinski definition) is 6. The summed E-state index contributed by atoms with van der Waals surface area (Å²) >= 11 is 0. The first-order chi connectivity index (χ1) is 15.7. The summed E-state index contributed by atoms with van der Waals surface area (Å²) in [7, 11) is 1.41. The van der Waals surface area contributed by atoms with E-state index in [4.69, 9.17) is 14.2 Å². The first kappa shape index (κ1) is 24.9. The summed E-state index contributed by atoms with van der Waals surface area (Å²) in [5.74, 6) is 0.0142. The lowest BCUT2D eigenvalue weighted by atomic mass is 9.91. The molecule has 1 heterocycles. The summed E-state index contributed by atoms with van der Waals surface area (Å²) in [6.45, 7) is 1.84.